The second kappa shape index (κ2) is 5.78. The topological polar surface area (TPSA) is 79.3 Å². The highest BCUT2D eigenvalue weighted by atomic mass is 32.1. The summed E-state index contributed by atoms with van der Waals surface area (Å²) in [5, 5.41) is 11.1. The third-order valence-corrected chi connectivity index (χ3v) is 3.53. The molecule has 0 radical (unpaired) electrons. The molecule has 112 valence electrons. The van der Waals surface area contributed by atoms with Crippen molar-refractivity contribution < 1.29 is 27.9 Å². The van der Waals surface area contributed by atoms with Gasteiger partial charge in [0.1, 0.15) is 4.88 Å². The minimum Gasteiger partial charge on any atom is -0.481 e. The van der Waals surface area contributed by atoms with Crippen molar-refractivity contribution in [2.24, 2.45) is 5.41 Å². The first kappa shape index (κ1) is 16.4. The first-order valence-corrected chi connectivity index (χ1v) is 6.46. The highest BCUT2D eigenvalue weighted by Crippen LogP contribution is 2.34. The number of carboxylic acids is 1. The Kier molecular flexibility index (Phi) is 4.74. The summed E-state index contributed by atoms with van der Waals surface area (Å²) in [7, 11) is 0. The van der Waals surface area contributed by atoms with Crippen molar-refractivity contribution in [1.29, 1.82) is 0 Å². The van der Waals surface area contributed by atoms with E-state index in [1.54, 1.807) is 0 Å². The molecule has 20 heavy (non-hydrogen) atoms. The number of aromatic nitrogens is 1. The summed E-state index contributed by atoms with van der Waals surface area (Å²) in [6, 6.07) is 0. The van der Waals surface area contributed by atoms with Crippen LogP contribution in [0.15, 0.2) is 5.51 Å². The van der Waals surface area contributed by atoms with Crippen molar-refractivity contribution in [2.45, 2.75) is 26.4 Å². The fourth-order valence-electron chi connectivity index (χ4n) is 1.29. The van der Waals surface area contributed by atoms with Gasteiger partial charge in [0.25, 0.3) is 5.91 Å². The summed E-state index contributed by atoms with van der Waals surface area (Å²) in [5.41, 5.74) is -0.808. The third-order valence-electron chi connectivity index (χ3n) is 2.65. The normalized spacial score (nSPS) is 12.2. The van der Waals surface area contributed by atoms with Gasteiger partial charge in [0.2, 0.25) is 0 Å². The predicted molar refractivity (Wildman–Crippen MR) is 65.5 cm³/mol. The molecule has 0 saturated heterocycles. The lowest BCUT2D eigenvalue weighted by Crippen LogP contribution is -2.32. The smallest absolute Gasteiger partial charge is 0.427 e. The summed E-state index contributed by atoms with van der Waals surface area (Å²) >= 11 is 0.338. The SMILES string of the molecule is CC(C)(CCNC(=O)c1ncsc1C(F)(F)F)C(=O)O. The lowest BCUT2D eigenvalue weighted by atomic mass is 9.90. The van der Waals surface area contributed by atoms with Crippen molar-refractivity contribution >= 4 is 23.2 Å². The minimum absolute atomic E-state index is 0.0487. The van der Waals surface area contributed by atoms with E-state index in [-0.39, 0.29) is 13.0 Å². The van der Waals surface area contributed by atoms with Gasteiger partial charge in [-0.25, -0.2) is 4.98 Å². The molecule has 0 bridgehead atoms. The van der Waals surface area contributed by atoms with Gasteiger partial charge in [-0.1, -0.05) is 0 Å². The second-order valence-corrected chi connectivity index (χ2v) is 5.58. The Morgan fingerprint density at radius 2 is 2.00 bits per heavy atom. The monoisotopic (exact) mass is 310 g/mol. The van der Waals surface area contributed by atoms with E-state index in [9.17, 15) is 22.8 Å². The van der Waals surface area contributed by atoms with E-state index in [4.69, 9.17) is 5.11 Å². The fraction of sp³-hybridized carbons (Fsp3) is 0.545. The van der Waals surface area contributed by atoms with E-state index < -0.39 is 34.0 Å². The van der Waals surface area contributed by atoms with Gasteiger partial charge in [-0.15, -0.1) is 11.3 Å². The number of hydrogen-bond acceptors (Lipinski definition) is 4. The van der Waals surface area contributed by atoms with Gasteiger partial charge >= 0.3 is 12.1 Å². The van der Waals surface area contributed by atoms with Crippen molar-refractivity contribution in [3.8, 4) is 0 Å². The van der Waals surface area contributed by atoms with Crippen molar-refractivity contribution in [2.75, 3.05) is 6.54 Å². The number of carboxylic acid groups (broad SMARTS) is 1. The summed E-state index contributed by atoms with van der Waals surface area (Å²) in [4.78, 5) is 24.8. The van der Waals surface area contributed by atoms with Gasteiger partial charge in [-0.2, -0.15) is 13.2 Å². The van der Waals surface area contributed by atoms with E-state index >= 15 is 0 Å². The number of hydrogen-bond donors (Lipinski definition) is 2. The van der Waals surface area contributed by atoms with E-state index in [0.29, 0.717) is 11.3 Å². The molecule has 2 N–H and O–H groups in total. The summed E-state index contributed by atoms with van der Waals surface area (Å²) in [6.45, 7) is 2.88. The molecule has 0 aromatic carbocycles. The first-order chi connectivity index (χ1) is 9.05. The van der Waals surface area contributed by atoms with Gasteiger partial charge in [0, 0.05) is 6.54 Å². The standard InChI is InChI=1S/C11H13F3N2O3S/c1-10(2,9(18)19)3-4-15-8(17)6-7(11(12,13)14)20-5-16-6/h5H,3-4H2,1-2H3,(H,15,17)(H,18,19). The molecule has 0 aliphatic heterocycles. The van der Waals surface area contributed by atoms with Crippen LogP contribution < -0.4 is 5.32 Å². The number of rotatable bonds is 5. The number of nitrogens with one attached hydrogen (secondary N) is 1. The van der Waals surface area contributed by atoms with E-state index in [1.807, 2.05) is 0 Å². The molecule has 1 aromatic heterocycles. The Balaban J connectivity index is 2.66. The molecule has 9 heteroatoms. The number of carbonyl (C=O) groups is 2. The minimum atomic E-state index is -4.63. The number of aliphatic carboxylic acids is 1. The van der Waals surface area contributed by atoms with Crippen LogP contribution in [-0.4, -0.2) is 28.5 Å². The maximum atomic E-state index is 12.6. The number of amides is 1. The molecule has 1 amide bonds. The van der Waals surface area contributed by atoms with E-state index in [2.05, 4.69) is 10.3 Å². The molecule has 1 heterocycles. The second-order valence-electron chi connectivity index (χ2n) is 4.72. The number of nitrogens with zero attached hydrogens (tertiary/aromatic N) is 1. The van der Waals surface area contributed by atoms with Crippen LogP contribution in [0, 0.1) is 5.41 Å². The van der Waals surface area contributed by atoms with Crippen molar-refractivity contribution in [3.05, 3.63) is 16.1 Å². The van der Waals surface area contributed by atoms with Gasteiger partial charge < -0.3 is 10.4 Å². The van der Waals surface area contributed by atoms with Crippen LogP contribution in [0.2, 0.25) is 0 Å². The average Bonchev–Trinajstić information content (AvgIpc) is 2.76. The Hall–Kier alpha value is -1.64. The van der Waals surface area contributed by atoms with Crippen LogP contribution in [0.4, 0.5) is 13.2 Å². The third kappa shape index (κ3) is 3.92. The molecule has 0 saturated carbocycles. The van der Waals surface area contributed by atoms with Crippen molar-refractivity contribution in [3.63, 3.8) is 0 Å². The molecule has 0 unspecified atom stereocenters. The molecule has 1 aromatic rings. The van der Waals surface area contributed by atoms with E-state index in [1.165, 1.54) is 13.8 Å². The molecule has 0 atom stereocenters. The molecule has 0 aliphatic carbocycles. The quantitative estimate of drug-likeness (QED) is 0.875. The molecular weight excluding hydrogens is 297 g/mol. The highest BCUT2D eigenvalue weighted by molar-refractivity contribution is 7.10. The zero-order valence-corrected chi connectivity index (χ0v) is 11.6. The van der Waals surface area contributed by atoms with Gasteiger partial charge in [-0.3, -0.25) is 9.59 Å². The van der Waals surface area contributed by atoms with Crippen LogP contribution in [0.5, 0.6) is 0 Å². The fourth-order valence-corrected chi connectivity index (χ4v) is 1.94. The van der Waals surface area contributed by atoms with Crippen molar-refractivity contribution in [1.82, 2.24) is 10.3 Å². The zero-order chi connectivity index (χ0) is 15.6. The highest BCUT2D eigenvalue weighted by Gasteiger charge is 2.38. The Labute approximate surface area is 116 Å². The Morgan fingerprint density at radius 3 is 2.50 bits per heavy atom. The van der Waals surface area contributed by atoms with Crippen LogP contribution in [0.3, 0.4) is 0 Å². The predicted octanol–water partition coefficient (Wildman–Crippen LogP) is 2.39. The number of carbonyl (C=O) groups excluding carboxylic acids is 1. The number of thiazole rings is 1. The first-order valence-electron chi connectivity index (χ1n) is 5.58. The van der Waals surface area contributed by atoms with Gasteiger partial charge in [0.15, 0.2) is 5.69 Å². The van der Waals surface area contributed by atoms with Crippen LogP contribution in [0.1, 0.15) is 35.6 Å². The molecule has 0 spiro atoms. The molecule has 0 fully saturated rings. The lowest BCUT2D eigenvalue weighted by molar-refractivity contribution is -0.147. The average molecular weight is 310 g/mol. The zero-order valence-electron chi connectivity index (χ0n) is 10.7. The molecule has 0 aliphatic rings. The maximum absolute atomic E-state index is 12.6. The van der Waals surface area contributed by atoms with Gasteiger partial charge in [0.05, 0.1) is 10.9 Å². The van der Waals surface area contributed by atoms with Gasteiger partial charge in [-0.05, 0) is 20.3 Å². The lowest BCUT2D eigenvalue weighted by Gasteiger charge is -2.18. The molecule has 1 rings (SSSR count). The summed E-state index contributed by atoms with van der Waals surface area (Å²) in [5.74, 6) is -2.00. The van der Waals surface area contributed by atoms with Crippen LogP contribution >= 0.6 is 11.3 Å². The van der Waals surface area contributed by atoms with E-state index in [0.717, 1.165) is 5.51 Å². The van der Waals surface area contributed by atoms with Crippen LogP contribution in [-0.2, 0) is 11.0 Å². The largest absolute Gasteiger partial charge is 0.481 e. The molecular formula is C11H13F3N2O3S. The molecule has 5 nitrogen and oxygen atoms in total. The maximum Gasteiger partial charge on any atom is 0.427 e. The number of alkyl halides is 3. The number of halogens is 3. The summed E-state index contributed by atoms with van der Waals surface area (Å²) in [6.07, 6.45) is -4.53. The summed E-state index contributed by atoms with van der Waals surface area (Å²) < 4.78 is 37.7. The Bertz CT molecular complexity index is 511. The van der Waals surface area contributed by atoms with Crippen LogP contribution in [0.25, 0.3) is 0 Å². The Morgan fingerprint density at radius 1 is 1.40 bits per heavy atom.